The number of amides is 1. The van der Waals surface area contributed by atoms with Crippen molar-refractivity contribution in [3.05, 3.63) is 33.6 Å². The van der Waals surface area contributed by atoms with Crippen molar-refractivity contribution in [1.29, 1.82) is 0 Å². The summed E-state index contributed by atoms with van der Waals surface area (Å²) in [4.78, 5) is 11.3. The number of hydrogen-bond donors (Lipinski definition) is 1. The van der Waals surface area contributed by atoms with E-state index in [-0.39, 0.29) is 22.2 Å². The minimum atomic E-state index is -0.588. The smallest absolute Gasteiger partial charge is 0.407 e. The lowest BCUT2D eigenvalue weighted by atomic mass is 9.80. The SMILES string of the molecule is CC1(C)COC(=O)N[C@@H]1c1c(F)ccc(Cl)c1Cl. The van der Waals surface area contributed by atoms with E-state index in [1.54, 1.807) is 0 Å². The molecule has 98 valence electrons. The van der Waals surface area contributed by atoms with Crippen molar-refractivity contribution in [3.8, 4) is 0 Å². The van der Waals surface area contributed by atoms with Gasteiger partial charge in [-0.1, -0.05) is 37.0 Å². The molecule has 6 heteroatoms. The first-order valence-corrected chi connectivity index (χ1v) is 6.15. The summed E-state index contributed by atoms with van der Waals surface area (Å²) in [5.41, 5.74) is -0.283. The number of carbonyl (C=O) groups is 1. The first kappa shape index (κ1) is 13.4. The molecule has 0 aromatic heterocycles. The highest BCUT2D eigenvalue weighted by Crippen LogP contribution is 2.42. The summed E-state index contributed by atoms with van der Waals surface area (Å²) in [6.45, 7) is 3.90. The zero-order chi connectivity index (χ0) is 13.5. The molecule has 1 heterocycles. The Labute approximate surface area is 114 Å². The van der Waals surface area contributed by atoms with Crippen LogP contribution in [-0.4, -0.2) is 12.7 Å². The summed E-state index contributed by atoms with van der Waals surface area (Å²) < 4.78 is 18.9. The molecule has 0 bridgehead atoms. The van der Waals surface area contributed by atoms with Gasteiger partial charge in [0.15, 0.2) is 0 Å². The quantitative estimate of drug-likeness (QED) is 0.796. The van der Waals surface area contributed by atoms with Gasteiger partial charge in [-0.3, -0.25) is 0 Å². The Morgan fingerprint density at radius 2 is 2.11 bits per heavy atom. The van der Waals surface area contributed by atoms with Gasteiger partial charge in [0, 0.05) is 11.0 Å². The fraction of sp³-hybridized carbons (Fsp3) is 0.417. The lowest BCUT2D eigenvalue weighted by Gasteiger charge is -2.39. The van der Waals surface area contributed by atoms with Crippen LogP contribution < -0.4 is 5.32 Å². The summed E-state index contributed by atoms with van der Waals surface area (Å²) >= 11 is 11.9. The van der Waals surface area contributed by atoms with Gasteiger partial charge >= 0.3 is 6.09 Å². The van der Waals surface area contributed by atoms with Crippen molar-refractivity contribution in [2.45, 2.75) is 19.9 Å². The van der Waals surface area contributed by atoms with Crippen LogP contribution in [-0.2, 0) is 4.74 Å². The number of alkyl carbamates (subject to hydrolysis) is 1. The van der Waals surface area contributed by atoms with E-state index in [1.165, 1.54) is 12.1 Å². The minimum Gasteiger partial charge on any atom is -0.449 e. The predicted molar refractivity (Wildman–Crippen MR) is 67.4 cm³/mol. The monoisotopic (exact) mass is 291 g/mol. The van der Waals surface area contributed by atoms with E-state index >= 15 is 0 Å². The van der Waals surface area contributed by atoms with Crippen molar-refractivity contribution in [2.75, 3.05) is 6.61 Å². The highest BCUT2D eigenvalue weighted by atomic mass is 35.5. The second kappa shape index (κ2) is 4.59. The third-order valence-corrected chi connectivity index (χ3v) is 3.81. The molecule has 3 nitrogen and oxygen atoms in total. The first-order chi connectivity index (χ1) is 8.33. The van der Waals surface area contributed by atoms with E-state index in [4.69, 9.17) is 27.9 Å². The van der Waals surface area contributed by atoms with E-state index < -0.39 is 23.4 Å². The maximum Gasteiger partial charge on any atom is 0.407 e. The number of carbonyl (C=O) groups excluding carboxylic acids is 1. The van der Waals surface area contributed by atoms with Gasteiger partial charge in [0.25, 0.3) is 0 Å². The lowest BCUT2D eigenvalue weighted by molar-refractivity contribution is 0.0378. The number of rotatable bonds is 1. The summed E-state index contributed by atoms with van der Waals surface area (Å²) in [7, 11) is 0. The summed E-state index contributed by atoms with van der Waals surface area (Å²) in [6.07, 6.45) is -0.588. The van der Waals surface area contributed by atoms with Crippen LogP contribution in [0.5, 0.6) is 0 Å². The molecule has 0 aliphatic carbocycles. The lowest BCUT2D eigenvalue weighted by Crippen LogP contribution is -2.47. The second-order valence-electron chi connectivity index (χ2n) is 4.90. The van der Waals surface area contributed by atoms with Crippen molar-refractivity contribution < 1.29 is 13.9 Å². The molecule has 1 aromatic rings. The highest BCUT2D eigenvalue weighted by Gasteiger charge is 2.40. The van der Waals surface area contributed by atoms with Crippen molar-refractivity contribution in [1.82, 2.24) is 5.32 Å². The highest BCUT2D eigenvalue weighted by molar-refractivity contribution is 6.42. The van der Waals surface area contributed by atoms with E-state index in [0.717, 1.165) is 0 Å². The molecule has 18 heavy (non-hydrogen) atoms. The Bertz CT molecular complexity index is 505. The molecular formula is C12H12Cl2FNO2. The van der Waals surface area contributed by atoms with Gasteiger partial charge in [-0.25, -0.2) is 9.18 Å². The van der Waals surface area contributed by atoms with Gasteiger partial charge in [0.1, 0.15) is 12.4 Å². The van der Waals surface area contributed by atoms with Crippen molar-refractivity contribution >= 4 is 29.3 Å². The van der Waals surface area contributed by atoms with Gasteiger partial charge in [0.2, 0.25) is 0 Å². The maximum atomic E-state index is 14.0. The Kier molecular flexibility index (Phi) is 3.43. The summed E-state index contributed by atoms with van der Waals surface area (Å²) in [5, 5.41) is 2.96. The Balaban J connectivity index is 2.52. The number of halogens is 3. The number of nitrogens with one attached hydrogen (secondary N) is 1. The topological polar surface area (TPSA) is 38.3 Å². The third kappa shape index (κ3) is 2.27. The predicted octanol–water partition coefficient (Wildman–Crippen LogP) is 3.94. The molecule has 1 aromatic carbocycles. The normalized spacial score (nSPS) is 22.3. The molecule has 0 saturated carbocycles. The van der Waals surface area contributed by atoms with Gasteiger partial charge in [-0.2, -0.15) is 0 Å². The van der Waals surface area contributed by atoms with Crippen LogP contribution in [0.15, 0.2) is 12.1 Å². The fourth-order valence-corrected chi connectivity index (χ4v) is 2.39. The molecule has 0 radical (unpaired) electrons. The fourth-order valence-electron chi connectivity index (χ4n) is 1.96. The van der Waals surface area contributed by atoms with Crippen LogP contribution in [0.25, 0.3) is 0 Å². The number of benzene rings is 1. The van der Waals surface area contributed by atoms with Crippen LogP contribution in [0.3, 0.4) is 0 Å². The van der Waals surface area contributed by atoms with Gasteiger partial charge in [-0.15, -0.1) is 0 Å². The van der Waals surface area contributed by atoms with Gasteiger partial charge in [-0.05, 0) is 12.1 Å². The average molecular weight is 292 g/mol. The minimum absolute atomic E-state index is 0.122. The second-order valence-corrected chi connectivity index (χ2v) is 5.68. The molecule has 0 spiro atoms. The molecule has 0 unspecified atom stereocenters. The van der Waals surface area contributed by atoms with E-state index in [0.29, 0.717) is 0 Å². The van der Waals surface area contributed by atoms with E-state index in [1.807, 2.05) is 13.8 Å². The van der Waals surface area contributed by atoms with Crippen LogP contribution >= 0.6 is 23.2 Å². The number of ether oxygens (including phenoxy) is 1. The van der Waals surface area contributed by atoms with Crippen LogP contribution in [0, 0.1) is 11.2 Å². The largest absolute Gasteiger partial charge is 0.449 e. The molecule has 1 amide bonds. The molecular weight excluding hydrogens is 280 g/mol. The zero-order valence-corrected chi connectivity index (χ0v) is 11.4. The standard InChI is InChI=1S/C12H12Cl2FNO2/c1-12(2)5-18-11(17)16-10(12)8-7(15)4-3-6(13)9(8)14/h3-4,10H,5H2,1-2H3,(H,16,17)/t10-/m1/s1. The molecule has 1 N–H and O–H groups in total. The average Bonchev–Trinajstić information content (AvgIpc) is 2.29. The first-order valence-electron chi connectivity index (χ1n) is 5.39. The molecule has 2 rings (SSSR count). The van der Waals surface area contributed by atoms with Crippen molar-refractivity contribution in [3.63, 3.8) is 0 Å². The Morgan fingerprint density at radius 3 is 2.78 bits per heavy atom. The van der Waals surface area contributed by atoms with Gasteiger partial charge < -0.3 is 10.1 Å². The molecule has 1 aliphatic heterocycles. The number of hydrogen-bond acceptors (Lipinski definition) is 2. The van der Waals surface area contributed by atoms with E-state index in [2.05, 4.69) is 5.32 Å². The Morgan fingerprint density at radius 1 is 1.44 bits per heavy atom. The van der Waals surface area contributed by atoms with Crippen LogP contribution in [0.4, 0.5) is 9.18 Å². The molecule has 1 saturated heterocycles. The maximum absolute atomic E-state index is 14.0. The summed E-state index contributed by atoms with van der Waals surface area (Å²) in [6, 6.07) is 2.04. The van der Waals surface area contributed by atoms with Crippen LogP contribution in [0.1, 0.15) is 25.5 Å². The van der Waals surface area contributed by atoms with E-state index in [9.17, 15) is 9.18 Å². The Hall–Kier alpha value is -1.000. The zero-order valence-electron chi connectivity index (χ0n) is 9.89. The van der Waals surface area contributed by atoms with Crippen LogP contribution in [0.2, 0.25) is 10.0 Å². The summed E-state index contributed by atoms with van der Waals surface area (Å²) in [5.74, 6) is -0.496. The van der Waals surface area contributed by atoms with Gasteiger partial charge in [0.05, 0.1) is 16.1 Å². The van der Waals surface area contributed by atoms with Crippen molar-refractivity contribution in [2.24, 2.45) is 5.41 Å². The third-order valence-electron chi connectivity index (χ3n) is 2.99. The molecule has 1 aliphatic rings. The number of cyclic esters (lactones) is 1. The molecule has 1 fully saturated rings. The molecule has 1 atom stereocenters.